The molecule has 0 bridgehead atoms. The summed E-state index contributed by atoms with van der Waals surface area (Å²) in [5.74, 6) is -1.04. The summed E-state index contributed by atoms with van der Waals surface area (Å²) in [5, 5.41) is 0. The van der Waals surface area contributed by atoms with Gasteiger partial charge in [-0.15, -0.1) is 0 Å². The van der Waals surface area contributed by atoms with E-state index in [1.54, 1.807) is 24.3 Å². The first-order valence-electron chi connectivity index (χ1n) is 4.26. The lowest BCUT2D eigenvalue weighted by Gasteiger charge is -2.06. The lowest BCUT2D eigenvalue weighted by Crippen LogP contribution is -2.12. The van der Waals surface area contributed by atoms with E-state index in [4.69, 9.17) is 9.47 Å². The highest BCUT2D eigenvalue weighted by Crippen LogP contribution is 2.12. The number of hydrogen-bond acceptors (Lipinski definition) is 4. The maximum absolute atomic E-state index is 11.5. The Morgan fingerprint density at radius 2 is 1.31 bits per heavy atom. The Balaban J connectivity index is 3.00. The molecule has 86 valence electrons. The Labute approximate surface area is 120 Å². The minimum Gasteiger partial charge on any atom is -0.451 e. The molecule has 4 nitrogen and oxygen atoms in total. The van der Waals surface area contributed by atoms with Crippen molar-refractivity contribution in [2.75, 3.05) is 9.23 Å². The van der Waals surface area contributed by atoms with Crippen LogP contribution >= 0.6 is 45.2 Å². The van der Waals surface area contributed by atoms with Gasteiger partial charge in [0.15, 0.2) is 0 Å². The number of benzene rings is 1. The van der Waals surface area contributed by atoms with Crippen LogP contribution in [0.25, 0.3) is 0 Å². The van der Waals surface area contributed by atoms with E-state index in [0.29, 0.717) is 0 Å². The number of hydrogen-bond donors (Lipinski definition) is 0. The first kappa shape index (κ1) is 13.7. The Morgan fingerprint density at radius 3 is 1.62 bits per heavy atom. The number of rotatable bonds is 4. The molecule has 1 aromatic carbocycles. The van der Waals surface area contributed by atoms with Gasteiger partial charge >= 0.3 is 11.9 Å². The Kier molecular flexibility index (Phi) is 6.03. The van der Waals surface area contributed by atoms with E-state index in [2.05, 4.69) is 0 Å². The average molecular weight is 446 g/mol. The average Bonchev–Trinajstić information content (AvgIpc) is 2.30. The predicted octanol–water partition coefficient (Wildman–Crippen LogP) is 2.79. The van der Waals surface area contributed by atoms with Crippen molar-refractivity contribution < 1.29 is 19.1 Å². The number of halogens is 2. The molecule has 0 heterocycles. The van der Waals surface area contributed by atoms with E-state index >= 15 is 0 Å². The quantitative estimate of drug-likeness (QED) is 0.406. The Bertz CT molecular complexity index is 355. The van der Waals surface area contributed by atoms with Crippen LogP contribution in [0.2, 0.25) is 0 Å². The second-order valence-corrected chi connectivity index (χ2v) is 3.87. The third-order valence-electron chi connectivity index (χ3n) is 1.74. The zero-order chi connectivity index (χ0) is 12.0. The van der Waals surface area contributed by atoms with E-state index in [1.165, 1.54) is 0 Å². The molecule has 0 aliphatic heterocycles. The molecule has 1 rings (SSSR count). The zero-order valence-corrected chi connectivity index (χ0v) is 12.4. The van der Waals surface area contributed by atoms with Gasteiger partial charge in [0.05, 0.1) is 11.1 Å². The second kappa shape index (κ2) is 7.05. The molecule has 1 aromatic rings. The fourth-order valence-electron chi connectivity index (χ4n) is 1.09. The smallest absolute Gasteiger partial charge is 0.339 e. The lowest BCUT2D eigenvalue weighted by atomic mass is 10.1. The van der Waals surface area contributed by atoms with E-state index in [-0.39, 0.29) is 20.4 Å². The van der Waals surface area contributed by atoms with Crippen molar-refractivity contribution in [1.82, 2.24) is 0 Å². The number of esters is 2. The third kappa shape index (κ3) is 3.58. The molecule has 0 amide bonds. The molecule has 0 atom stereocenters. The fourth-order valence-corrected chi connectivity index (χ4v) is 1.66. The van der Waals surface area contributed by atoms with Crippen LogP contribution in [0.3, 0.4) is 0 Å². The van der Waals surface area contributed by atoms with Crippen molar-refractivity contribution in [3.05, 3.63) is 35.4 Å². The summed E-state index contributed by atoms with van der Waals surface area (Å²) in [4.78, 5) is 23.1. The number of ether oxygens (including phenoxy) is 2. The van der Waals surface area contributed by atoms with Gasteiger partial charge in [0.25, 0.3) is 0 Å². The molecular weight excluding hydrogens is 438 g/mol. The fraction of sp³-hybridized carbons (Fsp3) is 0.200. The predicted molar refractivity (Wildman–Crippen MR) is 75.0 cm³/mol. The van der Waals surface area contributed by atoms with Gasteiger partial charge < -0.3 is 9.47 Å². The van der Waals surface area contributed by atoms with E-state index in [9.17, 15) is 9.59 Å². The van der Waals surface area contributed by atoms with Crippen molar-refractivity contribution in [1.29, 1.82) is 0 Å². The van der Waals surface area contributed by atoms with Crippen LogP contribution in [-0.2, 0) is 9.47 Å². The molecule has 0 fully saturated rings. The Hall–Kier alpha value is -0.380. The third-order valence-corrected chi connectivity index (χ3v) is 2.36. The first-order chi connectivity index (χ1) is 7.70. The summed E-state index contributed by atoms with van der Waals surface area (Å²) in [5.41, 5.74) is 0.461. The summed E-state index contributed by atoms with van der Waals surface area (Å²) in [6, 6.07) is 6.42. The molecule has 0 spiro atoms. The maximum Gasteiger partial charge on any atom is 0.339 e. The van der Waals surface area contributed by atoms with Gasteiger partial charge in [-0.25, -0.2) is 9.59 Å². The normalized spacial score (nSPS) is 9.62. The topological polar surface area (TPSA) is 52.6 Å². The highest BCUT2D eigenvalue weighted by atomic mass is 127. The van der Waals surface area contributed by atoms with Gasteiger partial charge in [0, 0.05) is 0 Å². The van der Waals surface area contributed by atoms with Crippen molar-refractivity contribution >= 4 is 57.1 Å². The van der Waals surface area contributed by atoms with Gasteiger partial charge in [-0.3, -0.25) is 0 Å². The molecule has 6 heteroatoms. The monoisotopic (exact) mass is 446 g/mol. The molecule has 0 unspecified atom stereocenters. The van der Waals surface area contributed by atoms with Gasteiger partial charge in [-0.05, 0) is 57.3 Å². The van der Waals surface area contributed by atoms with E-state index < -0.39 is 11.9 Å². The highest BCUT2D eigenvalue weighted by molar-refractivity contribution is 14.1. The number of alkyl halides is 2. The SMILES string of the molecule is O=C(OCI)c1ccccc1C(=O)OCI. The first-order valence-corrected chi connectivity index (χ1v) is 7.31. The molecule has 0 radical (unpaired) electrons. The van der Waals surface area contributed by atoms with Gasteiger partial charge in [-0.1, -0.05) is 12.1 Å². The van der Waals surface area contributed by atoms with Gasteiger partial charge in [0.1, 0.15) is 9.23 Å². The van der Waals surface area contributed by atoms with Crippen molar-refractivity contribution in [3.63, 3.8) is 0 Å². The Morgan fingerprint density at radius 1 is 0.938 bits per heavy atom. The summed E-state index contributed by atoms with van der Waals surface area (Å²) in [7, 11) is 0. The molecular formula is C10H8I2O4. The number of carbonyl (C=O) groups excluding carboxylic acids is 2. The number of carbonyl (C=O) groups is 2. The molecule has 0 aliphatic rings. The van der Waals surface area contributed by atoms with E-state index in [0.717, 1.165) is 0 Å². The highest BCUT2D eigenvalue weighted by Gasteiger charge is 2.18. The molecule has 0 aromatic heterocycles. The minimum atomic E-state index is -0.518. The summed E-state index contributed by atoms with van der Waals surface area (Å²) in [6.45, 7) is 0. The minimum absolute atomic E-state index is 0.231. The standard InChI is InChI=1S/C10H8I2O4/c11-5-15-9(13)7-3-1-2-4-8(7)10(14)16-6-12/h1-4H,5-6H2. The van der Waals surface area contributed by atoms with Crippen molar-refractivity contribution in [3.8, 4) is 0 Å². The molecule has 16 heavy (non-hydrogen) atoms. The van der Waals surface area contributed by atoms with Gasteiger partial charge in [-0.2, -0.15) is 0 Å². The van der Waals surface area contributed by atoms with Crippen molar-refractivity contribution in [2.45, 2.75) is 0 Å². The van der Waals surface area contributed by atoms with Crippen molar-refractivity contribution in [2.24, 2.45) is 0 Å². The van der Waals surface area contributed by atoms with Crippen LogP contribution in [-0.4, -0.2) is 21.2 Å². The van der Waals surface area contributed by atoms with Crippen LogP contribution < -0.4 is 0 Å². The molecule has 0 saturated heterocycles. The zero-order valence-electron chi connectivity index (χ0n) is 8.11. The summed E-state index contributed by atoms with van der Waals surface area (Å²) < 4.78 is 10.2. The van der Waals surface area contributed by atoms with E-state index in [1.807, 2.05) is 45.2 Å². The lowest BCUT2D eigenvalue weighted by molar-refractivity contribution is 0.0544. The molecule has 0 aliphatic carbocycles. The van der Waals surface area contributed by atoms with Crippen LogP contribution in [0.1, 0.15) is 20.7 Å². The largest absolute Gasteiger partial charge is 0.451 e. The van der Waals surface area contributed by atoms with Gasteiger partial charge in [0.2, 0.25) is 0 Å². The maximum atomic E-state index is 11.5. The van der Waals surface area contributed by atoms with Crippen LogP contribution in [0.5, 0.6) is 0 Å². The molecule has 0 saturated carbocycles. The van der Waals surface area contributed by atoms with Crippen LogP contribution in [0, 0.1) is 0 Å². The molecule has 0 N–H and O–H groups in total. The summed E-state index contributed by atoms with van der Waals surface area (Å²) >= 11 is 3.83. The van der Waals surface area contributed by atoms with Crippen LogP contribution in [0.4, 0.5) is 0 Å². The van der Waals surface area contributed by atoms with Crippen LogP contribution in [0.15, 0.2) is 24.3 Å². The summed E-state index contributed by atoms with van der Waals surface area (Å²) in [6.07, 6.45) is 0. The second-order valence-electron chi connectivity index (χ2n) is 2.63.